The Kier molecular flexibility index (Phi) is 3.85. The largest absolute Gasteiger partial charge is 0.379 e. The molecule has 4 heteroatoms. The number of rotatable bonds is 4. The molecule has 2 aliphatic heterocycles. The van der Waals surface area contributed by atoms with Gasteiger partial charge in [0.05, 0.1) is 12.1 Å². The van der Waals surface area contributed by atoms with E-state index in [1.54, 1.807) is 0 Å². The number of nitrogens with two attached hydrogens (primary N) is 1. The van der Waals surface area contributed by atoms with Gasteiger partial charge in [-0.1, -0.05) is 0 Å². The van der Waals surface area contributed by atoms with Gasteiger partial charge in [0.15, 0.2) is 0 Å². The van der Waals surface area contributed by atoms with Crippen molar-refractivity contribution in [1.29, 1.82) is 0 Å². The van der Waals surface area contributed by atoms with Crippen LogP contribution < -0.4 is 5.73 Å². The van der Waals surface area contributed by atoms with Crippen LogP contribution in [0.3, 0.4) is 0 Å². The van der Waals surface area contributed by atoms with E-state index in [1.165, 1.54) is 26.1 Å². The van der Waals surface area contributed by atoms with Crippen LogP contribution in [-0.4, -0.2) is 68.8 Å². The monoisotopic (exact) mass is 227 g/mol. The molecule has 2 fully saturated rings. The van der Waals surface area contributed by atoms with Crippen LogP contribution in [0.15, 0.2) is 0 Å². The summed E-state index contributed by atoms with van der Waals surface area (Å²) in [6.45, 7) is 6.17. The number of likely N-dealkylation sites (tertiary alicyclic amines) is 1. The molecule has 0 spiro atoms. The lowest BCUT2D eigenvalue weighted by Gasteiger charge is -2.30. The minimum atomic E-state index is -0.0980. The summed E-state index contributed by atoms with van der Waals surface area (Å²) in [6.07, 6.45) is 2.33. The molecular weight excluding hydrogens is 202 g/mol. The fraction of sp³-hybridized carbons (Fsp3) is 1.00. The molecule has 2 atom stereocenters. The molecule has 0 bridgehead atoms. The molecule has 2 unspecified atom stereocenters. The predicted molar refractivity (Wildman–Crippen MR) is 65.5 cm³/mol. The first-order valence-electron chi connectivity index (χ1n) is 6.31. The van der Waals surface area contributed by atoms with Gasteiger partial charge >= 0.3 is 0 Å². The van der Waals surface area contributed by atoms with Gasteiger partial charge in [0.1, 0.15) is 0 Å². The van der Waals surface area contributed by atoms with E-state index in [0.717, 1.165) is 32.1 Å². The lowest BCUT2D eigenvalue weighted by atomic mass is 9.99. The third kappa shape index (κ3) is 3.17. The van der Waals surface area contributed by atoms with Gasteiger partial charge < -0.3 is 20.3 Å². The summed E-state index contributed by atoms with van der Waals surface area (Å²) in [4.78, 5) is 4.80. The maximum atomic E-state index is 6.28. The zero-order valence-corrected chi connectivity index (χ0v) is 10.6. The van der Waals surface area contributed by atoms with Crippen LogP contribution in [0.5, 0.6) is 0 Å². The van der Waals surface area contributed by atoms with Crippen LogP contribution in [0, 0.1) is 5.92 Å². The van der Waals surface area contributed by atoms with Crippen molar-refractivity contribution in [2.75, 3.05) is 53.5 Å². The second-order valence-electron chi connectivity index (χ2n) is 5.78. The molecule has 2 aliphatic rings. The van der Waals surface area contributed by atoms with Crippen LogP contribution in [0.4, 0.5) is 0 Å². The zero-order chi connectivity index (χ0) is 11.6. The number of likely N-dealkylation sites (N-methyl/N-ethyl adjacent to an activating group) is 1. The SMILES string of the molecule is CN1CCC(CN(C)CC2(N)CCOC2)C1. The first-order valence-corrected chi connectivity index (χ1v) is 6.31. The summed E-state index contributed by atoms with van der Waals surface area (Å²) >= 11 is 0. The summed E-state index contributed by atoms with van der Waals surface area (Å²) in [5, 5.41) is 0. The van der Waals surface area contributed by atoms with E-state index in [9.17, 15) is 0 Å². The van der Waals surface area contributed by atoms with Gasteiger partial charge in [-0.15, -0.1) is 0 Å². The van der Waals surface area contributed by atoms with Gasteiger partial charge in [0.2, 0.25) is 0 Å². The molecule has 0 aromatic rings. The standard InChI is InChI=1S/C12H25N3O/c1-14-5-3-11(7-14)8-15(2)9-12(13)4-6-16-10-12/h11H,3-10,13H2,1-2H3. The van der Waals surface area contributed by atoms with Crippen molar-refractivity contribution >= 4 is 0 Å². The highest BCUT2D eigenvalue weighted by Crippen LogP contribution is 2.19. The average Bonchev–Trinajstić information content (AvgIpc) is 2.75. The second-order valence-corrected chi connectivity index (χ2v) is 5.78. The van der Waals surface area contributed by atoms with Gasteiger partial charge in [-0.2, -0.15) is 0 Å². The topological polar surface area (TPSA) is 41.7 Å². The highest BCUT2D eigenvalue weighted by Gasteiger charge is 2.32. The van der Waals surface area contributed by atoms with E-state index < -0.39 is 0 Å². The van der Waals surface area contributed by atoms with Crippen LogP contribution >= 0.6 is 0 Å². The van der Waals surface area contributed by atoms with E-state index in [2.05, 4.69) is 23.9 Å². The van der Waals surface area contributed by atoms with Crippen molar-refractivity contribution in [2.24, 2.45) is 11.7 Å². The van der Waals surface area contributed by atoms with Gasteiger partial charge in [-0.05, 0) is 39.4 Å². The third-order valence-electron chi connectivity index (χ3n) is 3.78. The molecule has 0 aromatic heterocycles. The molecule has 2 N–H and O–H groups in total. The third-order valence-corrected chi connectivity index (χ3v) is 3.78. The Bertz CT molecular complexity index is 228. The Labute approximate surface area is 98.7 Å². The molecule has 16 heavy (non-hydrogen) atoms. The molecule has 2 heterocycles. The minimum Gasteiger partial charge on any atom is -0.379 e. The quantitative estimate of drug-likeness (QED) is 0.733. The lowest BCUT2D eigenvalue weighted by molar-refractivity contribution is 0.156. The van der Waals surface area contributed by atoms with Crippen molar-refractivity contribution < 1.29 is 4.74 Å². The molecule has 0 aliphatic carbocycles. The summed E-state index contributed by atoms with van der Waals surface area (Å²) in [5.41, 5.74) is 6.19. The van der Waals surface area contributed by atoms with Gasteiger partial charge in [0, 0.05) is 26.2 Å². The lowest BCUT2D eigenvalue weighted by Crippen LogP contribution is -2.50. The molecule has 4 nitrogen and oxygen atoms in total. The number of hydrogen-bond acceptors (Lipinski definition) is 4. The van der Waals surface area contributed by atoms with Crippen molar-refractivity contribution in [3.8, 4) is 0 Å². The maximum Gasteiger partial charge on any atom is 0.0659 e. The normalized spacial score (nSPS) is 36.4. The van der Waals surface area contributed by atoms with Crippen LogP contribution in [0.25, 0.3) is 0 Å². The van der Waals surface area contributed by atoms with E-state index in [-0.39, 0.29) is 5.54 Å². The Balaban J connectivity index is 1.73. The van der Waals surface area contributed by atoms with E-state index in [4.69, 9.17) is 10.5 Å². The van der Waals surface area contributed by atoms with Crippen molar-refractivity contribution in [3.63, 3.8) is 0 Å². The Hall–Kier alpha value is -0.160. The summed E-state index contributed by atoms with van der Waals surface area (Å²) < 4.78 is 5.39. The first-order chi connectivity index (χ1) is 7.57. The smallest absolute Gasteiger partial charge is 0.0659 e. The van der Waals surface area contributed by atoms with Gasteiger partial charge in [-0.3, -0.25) is 0 Å². The molecule has 0 aromatic carbocycles. The van der Waals surface area contributed by atoms with Crippen LogP contribution in [0.1, 0.15) is 12.8 Å². The van der Waals surface area contributed by atoms with Crippen LogP contribution in [0.2, 0.25) is 0 Å². The fourth-order valence-electron chi connectivity index (χ4n) is 2.97. The van der Waals surface area contributed by atoms with Gasteiger partial charge in [0.25, 0.3) is 0 Å². The Morgan fingerprint density at radius 3 is 2.94 bits per heavy atom. The molecule has 0 saturated carbocycles. The van der Waals surface area contributed by atoms with Crippen LogP contribution in [-0.2, 0) is 4.74 Å². The molecule has 2 saturated heterocycles. The maximum absolute atomic E-state index is 6.28. The Morgan fingerprint density at radius 2 is 2.38 bits per heavy atom. The van der Waals surface area contributed by atoms with Gasteiger partial charge in [-0.25, -0.2) is 0 Å². The predicted octanol–water partition coefficient (Wildman–Crippen LogP) is -0.0123. The number of nitrogens with zero attached hydrogens (tertiary/aromatic N) is 2. The fourth-order valence-corrected chi connectivity index (χ4v) is 2.97. The minimum absolute atomic E-state index is 0.0980. The zero-order valence-electron chi connectivity index (χ0n) is 10.6. The highest BCUT2D eigenvalue weighted by molar-refractivity contribution is 4.91. The van der Waals surface area contributed by atoms with E-state index in [1.807, 2.05) is 0 Å². The summed E-state index contributed by atoms with van der Waals surface area (Å²) in [5.74, 6) is 0.820. The van der Waals surface area contributed by atoms with Crippen molar-refractivity contribution in [3.05, 3.63) is 0 Å². The van der Waals surface area contributed by atoms with E-state index >= 15 is 0 Å². The summed E-state index contributed by atoms with van der Waals surface area (Å²) in [6, 6.07) is 0. The Morgan fingerprint density at radius 1 is 1.56 bits per heavy atom. The molecular formula is C12H25N3O. The first kappa shape index (κ1) is 12.3. The molecule has 0 amide bonds. The highest BCUT2D eigenvalue weighted by atomic mass is 16.5. The number of ether oxygens (including phenoxy) is 1. The van der Waals surface area contributed by atoms with Crippen molar-refractivity contribution in [2.45, 2.75) is 18.4 Å². The second kappa shape index (κ2) is 5.00. The molecule has 2 rings (SSSR count). The van der Waals surface area contributed by atoms with E-state index in [0.29, 0.717) is 0 Å². The summed E-state index contributed by atoms with van der Waals surface area (Å²) in [7, 11) is 4.39. The number of hydrogen-bond donors (Lipinski definition) is 1. The molecule has 94 valence electrons. The average molecular weight is 227 g/mol. The molecule has 0 radical (unpaired) electrons. The van der Waals surface area contributed by atoms with Crippen molar-refractivity contribution in [1.82, 2.24) is 9.80 Å².